The first-order chi connectivity index (χ1) is 8.50. The largest absolute Gasteiger partial charge is 0.349 e. The van der Waals surface area contributed by atoms with Crippen molar-refractivity contribution in [1.82, 2.24) is 5.32 Å². The highest BCUT2D eigenvalue weighted by Crippen LogP contribution is 2.40. The van der Waals surface area contributed by atoms with Crippen LogP contribution in [0.15, 0.2) is 0 Å². The van der Waals surface area contributed by atoms with Crippen LogP contribution in [0, 0.1) is 11.3 Å². The van der Waals surface area contributed by atoms with Gasteiger partial charge in [0.2, 0.25) is 5.91 Å². The van der Waals surface area contributed by atoms with Crippen LogP contribution in [0.5, 0.6) is 0 Å². The quantitative estimate of drug-likeness (QED) is 0.783. The van der Waals surface area contributed by atoms with E-state index in [0.29, 0.717) is 5.91 Å². The number of hydrogen-bond acceptors (Lipinski definition) is 1. The number of carbonyl (C=O) groups is 1. The van der Waals surface area contributed by atoms with E-state index in [-0.39, 0.29) is 11.0 Å². The Balaban J connectivity index is 2.03. The first-order valence-corrected chi connectivity index (χ1v) is 8.50. The fourth-order valence-electron chi connectivity index (χ4n) is 3.70. The van der Waals surface area contributed by atoms with Crippen molar-refractivity contribution in [2.45, 2.75) is 70.8 Å². The molecule has 2 nitrogen and oxygen atoms in total. The highest BCUT2D eigenvalue weighted by Gasteiger charge is 2.42. The minimum Gasteiger partial charge on any atom is -0.349 e. The lowest BCUT2D eigenvalue weighted by atomic mass is 9.76. The first kappa shape index (κ1) is 14.4. The number of amides is 1. The van der Waals surface area contributed by atoms with Crippen molar-refractivity contribution >= 4 is 21.8 Å². The van der Waals surface area contributed by atoms with Crippen molar-refractivity contribution in [2.24, 2.45) is 11.3 Å². The lowest BCUT2D eigenvalue weighted by molar-refractivity contribution is -0.132. The molecule has 2 fully saturated rings. The summed E-state index contributed by atoms with van der Waals surface area (Å²) in [6.45, 7) is 4.45. The molecule has 2 aliphatic rings. The summed E-state index contributed by atoms with van der Waals surface area (Å²) < 4.78 is 0. The molecule has 2 rings (SSSR count). The Morgan fingerprint density at radius 3 is 2.50 bits per heavy atom. The Labute approximate surface area is 119 Å². The van der Waals surface area contributed by atoms with Crippen molar-refractivity contribution in [3.8, 4) is 0 Å². The predicted molar refractivity (Wildman–Crippen MR) is 78.9 cm³/mol. The molecular weight excluding hydrogens is 290 g/mol. The van der Waals surface area contributed by atoms with Crippen LogP contribution in [0.3, 0.4) is 0 Å². The summed E-state index contributed by atoms with van der Waals surface area (Å²) in [5.74, 6) is 1.03. The summed E-state index contributed by atoms with van der Waals surface area (Å²) in [6.07, 6.45) is 9.35. The Kier molecular flexibility index (Phi) is 4.40. The van der Waals surface area contributed by atoms with Gasteiger partial charge in [0.1, 0.15) is 0 Å². The van der Waals surface area contributed by atoms with E-state index in [4.69, 9.17) is 0 Å². The summed E-state index contributed by atoms with van der Waals surface area (Å²) in [4.78, 5) is 12.6. The number of alkyl halides is 1. The van der Waals surface area contributed by atoms with Gasteiger partial charge < -0.3 is 5.32 Å². The van der Waals surface area contributed by atoms with E-state index in [1.807, 2.05) is 0 Å². The SMILES string of the molecule is CC1CCCC(CBr)(NC(=O)C2(C)CCCC2)C1. The third kappa shape index (κ3) is 2.92. The summed E-state index contributed by atoms with van der Waals surface area (Å²) in [5, 5.41) is 4.30. The number of hydrogen-bond donors (Lipinski definition) is 1. The summed E-state index contributed by atoms with van der Waals surface area (Å²) in [5.41, 5.74) is -0.0871. The second kappa shape index (κ2) is 5.52. The van der Waals surface area contributed by atoms with Crippen LogP contribution in [0.2, 0.25) is 0 Å². The second-order valence-corrected chi connectivity index (χ2v) is 7.40. The Hall–Kier alpha value is -0.0500. The molecule has 0 bridgehead atoms. The maximum atomic E-state index is 12.6. The minimum absolute atomic E-state index is 0.0142. The maximum absolute atomic E-state index is 12.6. The standard InChI is InChI=1S/C15H26BrNO/c1-12-6-5-9-15(10-12,11-16)17-13(18)14(2)7-3-4-8-14/h12H,3-11H2,1-2H3,(H,17,18). The summed E-state index contributed by atoms with van der Waals surface area (Å²) in [6, 6.07) is 0. The second-order valence-electron chi connectivity index (χ2n) is 6.84. The molecule has 2 saturated carbocycles. The van der Waals surface area contributed by atoms with Crippen molar-refractivity contribution < 1.29 is 4.79 Å². The van der Waals surface area contributed by atoms with E-state index in [1.54, 1.807) is 0 Å². The average Bonchev–Trinajstić information content (AvgIpc) is 2.77. The summed E-state index contributed by atoms with van der Waals surface area (Å²) in [7, 11) is 0. The Morgan fingerprint density at radius 2 is 1.94 bits per heavy atom. The Bertz CT molecular complexity index is 312. The molecule has 0 aromatic rings. The molecule has 0 aliphatic heterocycles. The lowest BCUT2D eigenvalue weighted by Crippen LogP contribution is -2.55. The highest BCUT2D eigenvalue weighted by molar-refractivity contribution is 9.09. The first-order valence-electron chi connectivity index (χ1n) is 7.38. The number of nitrogens with one attached hydrogen (secondary N) is 1. The normalized spacial score (nSPS) is 35.4. The van der Waals surface area contributed by atoms with Crippen LogP contribution in [-0.2, 0) is 4.79 Å². The van der Waals surface area contributed by atoms with E-state index in [2.05, 4.69) is 35.1 Å². The molecule has 0 aromatic heterocycles. The zero-order valence-electron chi connectivity index (χ0n) is 11.7. The molecule has 0 aromatic carbocycles. The van der Waals surface area contributed by atoms with Gasteiger partial charge in [-0.3, -0.25) is 4.79 Å². The van der Waals surface area contributed by atoms with Crippen molar-refractivity contribution in [3.05, 3.63) is 0 Å². The average molecular weight is 316 g/mol. The van der Waals surface area contributed by atoms with Crippen LogP contribution >= 0.6 is 15.9 Å². The van der Waals surface area contributed by atoms with Crippen LogP contribution in [-0.4, -0.2) is 16.8 Å². The Morgan fingerprint density at radius 1 is 1.28 bits per heavy atom. The van der Waals surface area contributed by atoms with Crippen molar-refractivity contribution in [3.63, 3.8) is 0 Å². The molecule has 0 spiro atoms. The molecule has 2 unspecified atom stereocenters. The van der Waals surface area contributed by atoms with Gasteiger partial charge in [-0.2, -0.15) is 0 Å². The van der Waals surface area contributed by atoms with Gasteiger partial charge in [0.25, 0.3) is 0 Å². The molecule has 0 heterocycles. The van der Waals surface area contributed by atoms with E-state index in [9.17, 15) is 4.79 Å². The van der Waals surface area contributed by atoms with Gasteiger partial charge in [0, 0.05) is 16.3 Å². The van der Waals surface area contributed by atoms with Crippen molar-refractivity contribution in [2.75, 3.05) is 5.33 Å². The molecule has 1 amide bonds. The van der Waals surface area contributed by atoms with Gasteiger partial charge in [-0.05, 0) is 31.6 Å². The van der Waals surface area contributed by atoms with Crippen LogP contribution in [0.4, 0.5) is 0 Å². The molecule has 1 N–H and O–H groups in total. The van der Waals surface area contributed by atoms with Crippen LogP contribution in [0.25, 0.3) is 0 Å². The van der Waals surface area contributed by atoms with E-state index in [1.165, 1.54) is 25.7 Å². The van der Waals surface area contributed by atoms with E-state index < -0.39 is 0 Å². The molecule has 18 heavy (non-hydrogen) atoms. The molecule has 0 radical (unpaired) electrons. The van der Waals surface area contributed by atoms with Gasteiger partial charge in [0.05, 0.1) is 0 Å². The maximum Gasteiger partial charge on any atom is 0.226 e. The fraction of sp³-hybridized carbons (Fsp3) is 0.933. The van der Waals surface area contributed by atoms with Gasteiger partial charge in [-0.1, -0.05) is 55.5 Å². The fourth-order valence-corrected chi connectivity index (χ4v) is 4.35. The molecule has 0 saturated heterocycles. The molecular formula is C15H26BrNO. The van der Waals surface area contributed by atoms with Crippen LogP contribution in [0.1, 0.15) is 65.2 Å². The molecule has 3 heteroatoms. The highest BCUT2D eigenvalue weighted by atomic mass is 79.9. The van der Waals surface area contributed by atoms with Gasteiger partial charge in [-0.25, -0.2) is 0 Å². The number of halogens is 1. The zero-order chi connectivity index (χ0) is 13.2. The van der Waals surface area contributed by atoms with Crippen LogP contribution < -0.4 is 5.32 Å². The van der Waals surface area contributed by atoms with E-state index in [0.717, 1.165) is 36.9 Å². The van der Waals surface area contributed by atoms with Gasteiger partial charge in [-0.15, -0.1) is 0 Å². The molecule has 2 aliphatic carbocycles. The lowest BCUT2D eigenvalue weighted by Gasteiger charge is -2.41. The third-order valence-electron chi connectivity index (χ3n) is 4.98. The predicted octanol–water partition coefficient (Wildman–Crippen LogP) is 4.03. The van der Waals surface area contributed by atoms with E-state index >= 15 is 0 Å². The smallest absolute Gasteiger partial charge is 0.226 e. The number of rotatable bonds is 3. The third-order valence-corrected chi connectivity index (χ3v) is 6.05. The van der Waals surface area contributed by atoms with Gasteiger partial charge >= 0.3 is 0 Å². The molecule has 2 atom stereocenters. The van der Waals surface area contributed by atoms with Gasteiger partial charge in [0.15, 0.2) is 0 Å². The number of carbonyl (C=O) groups excluding carboxylic acids is 1. The monoisotopic (exact) mass is 315 g/mol. The zero-order valence-corrected chi connectivity index (χ0v) is 13.3. The molecule has 104 valence electrons. The minimum atomic E-state index is -0.101. The topological polar surface area (TPSA) is 29.1 Å². The summed E-state index contributed by atoms with van der Waals surface area (Å²) >= 11 is 3.64. The van der Waals surface area contributed by atoms with Crippen molar-refractivity contribution in [1.29, 1.82) is 0 Å².